The second-order valence-electron chi connectivity index (χ2n) is 10.8. The van der Waals surface area contributed by atoms with Crippen molar-refractivity contribution in [3.8, 4) is 17.2 Å². The number of nitrogens with zero attached hydrogens (tertiary/aromatic N) is 3. The number of aromatic nitrogens is 2. The molecule has 1 amide bonds. The summed E-state index contributed by atoms with van der Waals surface area (Å²) in [5, 5.41) is 0.667. The number of carbonyl (C=O) groups is 1. The standard InChI is InChI=1S/C32H30Cl2F3N3O6/c1-44-29-10-19(2-3-20(29)17-45-22-4-5-25(33)26(34)11-22)16-39-31(42)24-12-30(46-23(14-35)15-36)27(37)13-28(24)40(32(39)43)21-6-8-38(18-41)9-7-21/h2-5,10-13,18,21,23H,6-9,14-17H2,1H3. The molecule has 46 heavy (non-hydrogen) atoms. The molecule has 1 aliphatic rings. The number of halogens is 5. The first-order valence-corrected chi connectivity index (χ1v) is 15.1. The molecule has 14 heteroatoms. The highest BCUT2D eigenvalue weighted by atomic mass is 35.5. The molecule has 0 unspecified atom stereocenters. The third kappa shape index (κ3) is 6.97. The first-order valence-electron chi connectivity index (χ1n) is 14.4. The van der Waals surface area contributed by atoms with Crippen molar-refractivity contribution in [2.24, 2.45) is 0 Å². The second-order valence-corrected chi connectivity index (χ2v) is 11.6. The van der Waals surface area contributed by atoms with Crippen molar-refractivity contribution in [1.29, 1.82) is 0 Å². The maximum atomic E-state index is 15.2. The largest absolute Gasteiger partial charge is 0.496 e. The molecule has 244 valence electrons. The number of hydrogen-bond acceptors (Lipinski definition) is 6. The monoisotopic (exact) mass is 679 g/mol. The minimum Gasteiger partial charge on any atom is -0.496 e. The molecule has 0 bridgehead atoms. The maximum Gasteiger partial charge on any atom is 0.332 e. The summed E-state index contributed by atoms with van der Waals surface area (Å²) in [4.78, 5) is 40.6. The molecular weight excluding hydrogens is 650 g/mol. The van der Waals surface area contributed by atoms with Crippen LogP contribution in [0.15, 0.2) is 58.1 Å². The lowest BCUT2D eigenvalue weighted by Gasteiger charge is -2.31. The normalized spacial score (nSPS) is 13.8. The number of carbonyl (C=O) groups excluding carboxylic acids is 1. The summed E-state index contributed by atoms with van der Waals surface area (Å²) in [6.07, 6.45) is -0.0580. The average molecular weight is 681 g/mol. The van der Waals surface area contributed by atoms with E-state index >= 15 is 4.39 Å². The van der Waals surface area contributed by atoms with Crippen LogP contribution in [0.1, 0.15) is 30.0 Å². The Morgan fingerprint density at radius 1 is 0.978 bits per heavy atom. The Labute approximate surface area is 271 Å². The Morgan fingerprint density at radius 2 is 1.72 bits per heavy atom. The van der Waals surface area contributed by atoms with Crippen LogP contribution in [0.2, 0.25) is 10.0 Å². The van der Waals surface area contributed by atoms with Crippen LogP contribution in [0.4, 0.5) is 13.2 Å². The van der Waals surface area contributed by atoms with Crippen molar-refractivity contribution in [2.45, 2.75) is 38.1 Å². The van der Waals surface area contributed by atoms with E-state index in [0.717, 1.165) is 23.1 Å². The van der Waals surface area contributed by atoms with Gasteiger partial charge in [-0.1, -0.05) is 35.3 Å². The van der Waals surface area contributed by atoms with Crippen molar-refractivity contribution in [3.63, 3.8) is 0 Å². The molecule has 2 heterocycles. The van der Waals surface area contributed by atoms with Gasteiger partial charge in [0.25, 0.3) is 5.56 Å². The summed E-state index contributed by atoms with van der Waals surface area (Å²) in [5.74, 6) is -0.551. The van der Waals surface area contributed by atoms with Gasteiger partial charge in [0.1, 0.15) is 31.5 Å². The van der Waals surface area contributed by atoms with Gasteiger partial charge in [-0.25, -0.2) is 18.0 Å². The smallest absolute Gasteiger partial charge is 0.332 e. The van der Waals surface area contributed by atoms with Crippen LogP contribution in [0.5, 0.6) is 17.2 Å². The molecule has 0 N–H and O–H groups in total. The van der Waals surface area contributed by atoms with Crippen LogP contribution in [0.3, 0.4) is 0 Å². The number of ether oxygens (including phenoxy) is 3. The molecule has 0 radical (unpaired) electrons. The predicted molar refractivity (Wildman–Crippen MR) is 168 cm³/mol. The summed E-state index contributed by atoms with van der Waals surface area (Å²) in [6, 6.07) is 11.6. The van der Waals surface area contributed by atoms with Crippen LogP contribution in [-0.2, 0) is 17.9 Å². The molecule has 4 aromatic rings. The van der Waals surface area contributed by atoms with Crippen molar-refractivity contribution >= 4 is 40.5 Å². The van der Waals surface area contributed by atoms with Gasteiger partial charge in [-0.2, -0.15) is 0 Å². The van der Waals surface area contributed by atoms with Crippen molar-refractivity contribution < 1.29 is 32.2 Å². The highest BCUT2D eigenvalue weighted by molar-refractivity contribution is 6.42. The number of methoxy groups -OCH3 is 1. The van der Waals surface area contributed by atoms with Crippen molar-refractivity contribution in [3.05, 3.63) is 96.4 Å². The van der Waals surface area contributed by atoms with Crippen LogP contribution < -0.4 is 25.5 Å². The lowest BCUT2D eigenvalue weighted by Crippen LogP contribution is -2.44. The highest BCUT2D eigenvalue weighted by Crippen LogP contribution is 2.30. The lowest BCUT2D eigenvalue weighted by atomic mass is 10.0. The van der Waals surface area contributed by atoms with E-state index in [2.05, 4.69) is 0 Å². The summed E-state index contributed by atoms with van der Waals surface area (Å²) in [7, 11) is 1.47. The van der Waals surface area contributed by atoms with Crippen molar-refractivity contribution in [2.75, 3.05) is 33.5 Å². The zero-order valence-corrected chi connectivity index (χ0v) is 26.2. The highest BCUT2D eigenvalue weighted by Gasteiger charge is 2.26. The number of benzene rings is 3. The quantitative estimate of drug-likeness (QED) is 0.178. The van der Waals surface area contributed by atoms with E-state index in [1.807, 2.05) is 0 Å². The number of rotatable bonds is 12. The van der Waals surface area contributed by atoms with Gasteiger partial charge >= 0.3 is 5.69 Å². The van der Waals surface area contributed by atoms with E-state index in [1.165, 1.54) is 11.7 Å². The van der Waals surface area contributed by atoms with E-state index < -0.39 is 48.3 Å². The van der Waals surface area contributed by atoms with Gasteiger partial charge in [0, 0.05) is 36.8 Å². The van der Waals surface area contributed by atoms with E-state index in [-0.39, 0.29) is 24.1 Å². The number of fused-ring (bicyclic) bond motifs is 1. The van der Waals surface area contributed by atoms with Crippen LogP contribution in [-0.4, -0.2) is 60.1 Å². The van der Waals surface area contributed by atoms with E-state index in [4.69, 9.17) is 37.4 Å². The Morgan fingerprint density at radius 3 is 2.37 bits per heavy atom. The Kier molecular flexibility index (Phi) is 10.5. The number of hydrogen-bond donors (Lipinski definition) is 0. The molecule has 0 aliphatic carbocycles. The summed E-state index contributed by atoms with van der Waals surface area (Å²) >= 11 is 12.1. The first kappa shape index (κ1) is 33.2. The molecule has 1 fully saturated rings. The fourth-order valence-electron chi connectivity index (χ4n) is 5.41. The van der Waals surface area contributed by atoms with E-state index in [9.17, 15) is 23.2 Å². The summed E-state index contributed by atoms with van der Waals surface area (Å²) < 4.78 is 60.5. The number of amides is 1. The number of piperidine rings is 1. The lowest BCUT2D eigenvalue weighted by molar-refractivity contribution is -0.119. The van der Waals surface area contributed by atoms with Gasteiger partial charge in [-0.3, -0.25) is 18.7 Å². The van der Waals surface area contributed by atoms with Gasteiger partial charge in [0.15, 0.2) is 17.7 Å². The van der Waals surface area contributed by atoms with Crippen LogP contribution in [0, 0.1) is 5.82 Å². The van der Waals surface area contributed by atoms with Crippen molar-refractivity contribution in [1.82, 2.24) is 14.0 Å². The predicted octanol–water partition coefficient (Wildman–Crippen LogP) is 5.72. The van der Waals surface area contributed by atoms with Gasteiger partial charge in [-0.15, -0.1) is 0 Å². The molecular formula is C32H30Cl2F3N3O6. The fraction of sp³-hybridized carbons (Fsp3) is 0.344. The Hall–Kier alpha value is -4.16. The van der Waals surface area contributed by atoms with Gasteiger partial charge in [0.2, 0.25) is 6.41 Å². The summed E-state index contributed by atoms with van der Waals surface area (Å²) in [6.45, 7) is -1.73. The van der Waals surface area contributed by atoms with E-state index in [1.54, 1.807) is 41.3 Å². The average Bonchev–Trinajstić information content (AvgIpc) is 3.07. The van der Waals surface area contributed by atoms with Crippen LogP contribution in [0.25, 0.3) is 10.9 Å². The first-order chi connectivity index (χ1) is 22.2. The SMILES string of the molecule is COc1cc(Cn2c(=O)c3cc(OC(CF)CF)c(F)cc3n(C3CCN(C=O)CC3)c2=O)ccc1COc1ccc(Cl)c(Cl)c1. The van der Waals surface area contributed by atoms with Gasteiger partial charge in [-0.05, 0) is 42.7 Å². The summed E-state index contributed by atoms with van der Waals surface area (Å²) in [5.41, 5.74) is -0.175. The van der Waals surface area contributed by atoms with Crippen LogP contribution >= 0.6 is 23.2 Å². The molecule has 0 saturated carbocycles. The molecule has 0 atom stereocenters. The minimum atomic E-state index is -1.56. The third-order valence-corrected chi connectivity index (χ3v) is 8.59. The Balaban J connectivity index is 1.54. The van der Waals surface area contributed by atoms with Gasteiger partial charge in [0.05, 0.1) is 34.6 Å². The topological polar surface area (TPSA) is 92.0 Å². The number of alkyl halides is 2. The molecule has 9 nitrogen and oxygen atoms in total. The molecule has 0 spiro atoms. The second kappa shape index (κ2) is 14.5. The fourth-order valence-corrected chi connectivity index (χ4v) is 5.70. The zero-order chi connectivity index (χ0) is 33.0. The maximum absolute atomic E-state index is 15.2. The van der Waals surface area contributed by atoms with E-state index in [0.29, 0.717) is 58.6 Å². The number of likely N-dealkylation sites (tertiary alicyclic amines) is 1. The third-order valence-electron chi connectivity index (χ3n) is 7.85. The van der Waals surface area contributed by atoms with Gasteiger partial charge < -0.3 is 19.1 Å². The molecule has 1 aromatic heterocycles. The molecule has 3 aromatic carbocycles. The molecule has 1 saturated heterocycles. The zero-order valence-electron chi connectivity index (χ0n) is 24.7. The Bertz CT molecular complexity index is 1860. The molecule has 5 rings (SSSR count). The minimum absolute atomic E-state index is 0.0186. The molecule has 1 aliphatic heterocycles.